The highest BCUT2D eigenvalue weighted by molar-refractivity contribution is 7.83. The van der Waals surface area contributed by atoms with E-state index in [9.17, 15) is 22.5 Å². The van der Waals surface area contributed by atoms with Gasteiger partial charge in [-0.1, -0.05) is 42.5 Å². The number of halogens is 3. The summed E-state index contributed by atoms with van der Waals surface area (Å²) >= 11 is 0. The molecular weight excluding hydrogens is 451 g/mol. The lowest BCUT2D eigenvalue weighted by Crippen LogP contribution is -2.16. The molecule has 1 heterocycles. The first kappa shape index (κ1) is 23.1. The normalized spacial score (nSPS) is 12.8. The minimum atomic E-state index is -4.74. The van der Waals surface area contributed by atoms with Gasteiger partial charge in [-0.05, 0) is 66.3 Å². The van der Waals surface area contributed by atoms with Crippen LogP contribution in [0.3, 0.4) is 0 Å². The molecule has 8 heteroatoms. The molecular formula is C25H22F3NO3S. The van der Waals surface area contributed by atoms with E-state index in [1.165, 1.54) is 24.3 Å². The second kappa shape index (κ2) is 9.41. The summed E-state index contributed by atoms with van der Waals surface area (Å²) in [4.78, 5) is 0.567. The third-order valence-electron chi connectivity index (χ3n) is 5.32. The summed E-state index contributed by atoms with van der Waals surface area (Å²) in [6.45, 7) is 2.04. The van der Waals surface area contributed by atoms with Gasteiger partial charge in [0.15, 0.2) is 11.0 Å². The fourth-order valence-corrected chi connectivity index (χ4v) is 5.11. The first-order valence-corrected chi connectivity index (χ1v) is 11.5. The number of aryl methyl sites for hydroxylation is 2. The van der Waals surface area contributed by atoms with Crippen molar-refractivity contribution >= 4 is 21.9 Å². The Kier molecular flexibility index (Phi) is 6.58. The highest BCUT2D eigenvalue weighted by Crippen LogP contribution is 2.30. The van der Waals surface area contributed by atoms with Gasteiger partial charge in [0.2, 0.25) is 0 Å². The van der Waals surface area contributed by atoms with Crippen molar-refractivity contribution in [1.82, 2.24) is 3.97 Å². The van der Waals surface area contributed by atoms with Crippen LogP contribution in [0.15, 0.2) is 77.8 Å². The summed E-state index contributed by atoms with van der Waals surface area (Å²) in [5.41, 5.74) is 4.30. The van der Waals surface area contributed by atoms with E-state index in [4.69, 9.17) is 0 Å². The van der Waals surface area contributed by atoms with Crippen molar-refractivity contribution in [1.29, 1.82) is 0 Å². The number of aliphatic hydroxyl groups excluding tert-OH is 1. The molecule has 4 nitrogen and oxygen atoms in total. The number of benzene rings is 3. The minimum absolute atomic E-state index is 0.0798. The molecule has 0 amide bonds. The summed E-state index contributed by atoms with van der Waals surface area (Å²) in [5, 5.41) is 10.2. The zero-order valence-electron chi connectivity index (χ0n) is 17.8. The maximum atomic E-state index is 13.6. The average Bonchev–Trinajstić information content (AvgIpc) is 3.16. The topological polar surface area (TPSA) is 51.5 Å². The summed E-state index contributed by atoms with van der Waals surface area (Å²) in [6.07, 6.45) is -1.58. The molecule has 0 bridgehead atoms. The van der Waals surface area contributed by atoms with Crippen LogP contribution in [0.4, 0.5) is 13.2 Å². The van der Waals surface area contributed by atoms with Gasteiger partial charge in [-0.3, -0.25) is 3.97 Å². The van der Waals surface area contributed by atoms with Crippen molar-refractivity contribution in [3.05, 3.63) is 84.1 Å². The predicted molar refractivity (Wildman–Crippen MR) is 122 cm³/mol. The van der Waals surface area contributed by atoms with Crippen LogP contribution in [-0.4, -0.2) is 26.3 Å². The Morgan fingerprint density at radius 1 is 1.00 bits per heavy atom. The minimum Gasteiger partial charge on any atom is -0.406 e. The number of hydrogen-bond acceptors (Lipinski definition) is 3. The Morgan fingerprint density at radius 3 is 2.42 bits per heavy atom. The predicted octanol–water partition coefficient (Wildman–Crippen LogP) is 6.01. The smallest absolute Gasteiger partial charge is 0.406 e. The Hall–Kier alpha value is -3.10. The first-order chi connectivity index (χ1) is 15.8. The molecule has 0 aliphatic rings. The Labute approximate surface area is 191 Å². The van der Waals surface area contributed by atoms with Gasteiger partial charge in [0.1, 0.15) is 5.75 Å². The molecule has 0 radical (unpaired) electrons. The van der Waals surface area contributed by atoms with Crippen molar-refractivity contribution in [2.45, 2.75) is 31.0 Å². The monoisotopic (exact) mass is 473 g/mol. The van der Waals surface area contributed by atoms with Gasteiger partial charge in [-0.15, -0.1) is 13.2 Å². The van der Waals surface area contributed by atoms with Crippen molar-refractivity contribution in [3.8, 4) is 16.9 Å². The lowest BCUT2D eigenvalue weighted by molar-refractivity contribution is -0.274. The molecule has 0 saturated heterocycles. The van der Waals surface area contributed by atoms with Crippen molar-refractivity contribution in [2.75, 3.05) is 6.61 Å². The number of ether oxygens (including phenoxy) is 1. The molecule has 1 unspecified atom stereocenters. The highest BCUT2D eigenvalue weighted by atomic mass is 32.2. The first-order valence-electron chi connectivity index (χ1n) is 10.4. The van der Waals surface area contributed by atoms with E-state index in [0.29, 0.717) is 23.3 Å². The Balaban J connectivity index is 1.68. The maximum absolute atomic E-state index is 13.6. The molecule has 0 spiro atoms. The van der Waals surface area contributed by atoms with Crippen LogP contribution in [0, 0.1) is 6.92 Å². The van der Waals surface area contributed by atoms with Crippen LogP contribution < -0.4 is 4.74 Å². The van der Waals surface area contributed by atoms with Crippen molar-refractivity contribution < 1.29 is 27.2 Å². The van der Waals surface area contributed by atoms with Crippen LogP contribution in [0.1, 0.15) is 17.5 Å². The standard InChI is InChI=1S/C25H22F3NO3S/c1-17-5-2-9-23-20(7-4-14-30)16-29(24(17)23)33(31)22-8-3-6-19(15-22)18-10-12-21(13-11-18)32-25(26,27)28/h2-3,5-6,8-13,15-16,30H,4,7,14H2,1H3. The van der Waals surface area contributed by atoms with Crippen LogP contribution >= 0.6 is 0 Å². The maximum Gasteiger partial charge on any atom is 0.573 e. The summed E-state index contributed by atoms with van der Waals surface area (Å²) in [5.74, 6) is -0.296. The fraction of sp³-hybridized carbons (Fsp3) is 0.200. The average molecular weight is 474 g/mol. The molecule has 172 valence electrons. The van der Waals surface area contributed by atoms with E-state index in [0.717, 1.165) is 27.6 Å². The number of hydrogen-bond donors (Lipinski definition) is 1. The second-order valence-corrected chi connectivity index (χ2v) is 8.99. The Bertz CT molecular complexity index is 1300. The van der Waals surface area contributed by atoms with Crippen LogP contribution in [0.25, 0.3) is 22.0 Å². The van der Waals surface area contributed by atoms with E-state index in [1.54, 1.807) is 22.2 Å². The number of aromatic nitrogens is 1. The van der Waals surface area contributed by atoms with E-state index >= 15 is 0 Å². The van der Waals surface area contributed by atoms with Gasteiger partial charge in [0.05, 0.1) is 10.4 Å². The lowest BCUT2D eigenvalue weighted by atomic mass is 10.1. The van der Waals surface area contributed by atoms with Crippen molar-refractivity contribution in [2.24, 2.45) is 0 Å². The van der Waals surface area contributed by atoms with Gasteiger partial charge < -0.3 is 9.84 Å². The second-order valence-electron chi connectivity index (χ2n) is 7.63. The molecule has 0 aliphatic carbocycles. The van der Waals surface area contributed by atoms with Gasteiger partial charge in [-0.25, -0.2) is 4.21 Å². The van der Waals surface area contributed by atoms with E-state index in [-0.39, 0.29) is 12.4 Å². The van der Waals surface area contributed by atoms with Gasteiger partial charge >= 0.3 is 6.36 Å². The van der Waals surface area contributed by atoms with E-state index < -0.39 is 17.3 Å². The number of alkyl halides is 3. The zero-order valence-corrected chi connectivity index (χ0v) is 18.6. The molecule has 33 heavy (non-hydrogen) atoms. The van der Waals surface area contributed by atoms with E-state index in [1.807, 2.05) is 37.4 Å². The van der Waals surface area contributed by atoms with Crippen LogP contribution in [0.2, 0.25) is 0 Å². The molecule has 1 N–H and O–H groups in total. The molecule has 3 aromatic carbocycles. The third-order valence-corrected chi connectivity index (χ3v) is 6.62. The van der Waals surface area contributed by atoms with Gasteiger partial charge in [0.25, 0.3) is 0 Å². The number of nitrogens with zero attached hydrogens (tertiary/aromatic N) is 1. The van der Waals surface area contributed by atoms with Gasteiger partial charge in [0, 0.05) is 18.2 Å². The quantitative estimate of drug-likeness (QED) is 0.358. The third kappa shape index (κ3) is 5.12. The molecule has 1 atom stereocenters. The number of para-hydroxylation sites is 1. The molecule has 1 aromatic heterocycles. The molecule has 0 saturated carbocycles. The summed E-state index contributed by atoms with van der Waals surface area (Å²) in [6, 6.07) is 18.6. The molecule has 4 rings (SSSR count). The van der Waals surface area contributed by atoms with Crippen LogP contribution in [0.5, 0.6) is 5.75 Å². The largest absolute Gasteiger partial charge is 0.573 e. The molecule has 4 aromatic rings. The van der Waals surface area contributed by atoms with E-state index in [2.05, 4.69) is 4.74 Å². The number of aliphatic hydroxyl groups is 1. The highest BCUT2D eigenvalue weighted by Gasteiger charge is 2.31. The van der Waals surface area contributed by atoms with Gasteiger partial charge in [-0.2, -0.15) is 0 Å². The molecule has 0 aliphatic heterocycles. The summed E-state index contributed by atoms with van der Waals surface area (Å²) in [7, 11) is -1.54. The fourth-order valence-electron chi connectivity index (χ4n) is 3.83. The summed E-state index contributed by atoms with van der Waals surface area (Å²) < 4.78 is 56.5. The number of fused-ring (bicyclic) bond motifs is 1. The van der Waals surface area contributed by atoms with Crippen LogP contribution in [-0.2, 0) is 17.4 Å². The number of rotatable bonds is 7. The zero-order chi connectivity index (χ0) is 23.6. The van der Waals surface area contributed by atoms with Crippen molar-refractivity contribution in [3.63, 3.8) is 0 Å². The lowest BCUT2D eigenvalue weighted by Gasteiger charge is -2.11. The SMILES string of the molecule is Cc1cccc2c(CCCO)cn(S(=O)c3cccc(-c4ccc(OC(F)(F)F)cc4)c3)c12. The molecule has 0 fully saturated rings. The Morgan fingerprint density at radius 2 is 1.73 bits per heavy atom.